The molecule has 1 heterocycles. The fraction of sp³-hybridized carbons (Fsp3) is 0.286. The zero-order chi connectivity index (χ0) is 28.7. The largest absolute Gasteiger partial charge is 0.494 e. The normalized spacial score (nSPS) is 12.0. The van der Waals surface area contributed by atoms with Crippen LogP contribution >= 0.6 is 0 Å². The van der Waals surface area contributed by atoms with E-state index >= 15 is 0 Å². The maximum atomic E-state index is 14.8. The maximum absolute atomic E-state index is 14.8. The second kappa shape index (κ2) is 12.8. The molecule has 1 amide bonds. The Balaban J connectivity index is 2.01. The van der Waals surface area contributed by atoms with Crippen molar-refractivity contribution in [2.24, 2.45) is 17.0 Å². The van der Waals surface area contributed by atoms with Gasteiger partial charge in [0.05, 0.1) is 36.1 Å². The van der Waals surface area contributed by atoms with Gasteiger partial charge in [-0.1, -0.05) is 13.2 Å². The number of methoxy groups -OCH3 is 1. The lowest BCUT2D eigenvalue weighted by Gasteiger charge is -2.26. The van der Waals surface area contributed by atoms with Gasteiger partial charge in [0.15, 0.2) is 0 Å². The monoisotopic (exact) mass is 534 g/mol. The van der Waals surface area contributed by atoms with Crippen LogP contribution in [0.25, 0.3) is 10.9 Å². The third-order valence-electron chi connectivity index (χ3n) is 6.02. The molecule has 0 aliphatic rings. The molecule has 11 heteroatoms. The summed E-state index contributed by atoms with van der Waals surface area (Å²) in [7, 11) is 10.7. The lowest BCUT2D eigenvalue weighted by Crippen LogP contribution is -2.29. The number of nitrogens with zero attached hydrogens (tertiary/aromatic N) is 6. The van der Waals surface area contributed by atoms with E-state index in [1.54, 1.807) is 39.5 Å². The highest BCUT2D eigenvalue weighted by atomic mass is 19.1. The molecule has 0 bridgehead atoms. The summed E-state index contributed by atoms with van der Waals surface area (Å²) in [6.07, 6.45) is 4.33. The fourth-order valence-corrected chi connectivity index (χ4v) is 3.92. The summed E-state index contributed by atoms with van der Waals surface area (Å²) < 4.78 is 22.0. The number of hydrogen-bond donors (Lipinski definition) is 2. The van der Waals surface area contributed by atoms with Crippen molar-refractivity contribution in [2.75, 3.05) is 63.9 Å². The molecule has 0 spiro atoms. The Morgan fingerprint density at radius 2 is 1.87 bits per heavy atom. The zero-order valence-corrected chi connectivity index (χ0v) is 23.2. The molecule has 39 heavy (non-hydrogen) atoms. The van der Waals surface area contributed by atoms with Crippen LogP contribution in [0.1, 0.15) is 5.56 Å². The molecule has 0 saturated heterocycles. The first-order valence-electron chi connectivity index (χ1n) is 12.2. The van der Waals surface area contributed by atoms with Gasteiger partial charge in [-0.3, -0.25) is 14.5 Å². The topological polar surface area (TPSA) is 99.4 Å². The molecule has 0 saturated carbocycles. The maximum Gasteiger partial charge on any atom is 0.247 e. The second-order valence-electron chi connectivity index (χ2n) is 9.03. The number of anilines is 3. The molecule has 0 aliphatic heterocycles. The van der Waals surface area contributed by atoms with E-state index in [9.17, 15) is 9.18 Å². The quantitative estimate of drug-likeness (QED) is 0.232. The number of amides is 1. The van der Waals surface area contributed by atoms with Crippen molar-refractivity contribution in [3.05, 3.63) is 67.2 Å². The highest BCUT2D eigenvalue weighted by molar-refractivity contribution is 6.16. The van der Waals surface area contributed by atoms with Crippen LogP contribution in [0.2, 0.25) is 0 Å². The van der Waals surface area contributed by atoms with Gasteiger partial charge in [-0.15, -0.1) is 0 Å². The smallest absolute Gasteiger partial charge is 0.247 e. The standard InChI is InChI=1S/C28H35FN8O2/c1-9-21(18-13-19-17-31-37(7)27(19)20(29)14-18)33-28(30-3)34-23-15-22(32-26(38)10-2)24(16-25(23)39-8)36(6)12-11-35(4)5/h9-10,13-17H,1-2,11-12H2,3-8H3,(H,30,34)(H,32,38)/b33-21+. The molecule has 0 atom stereocenters. The molecule has 0 unspecified atom stereocenters. The molecule has 1 aromatic heterocycles. The number of fused-ring (bicyclic) bond motifs is 1. The van der Waals surface area contributed by atoms with E-state index in [-0.39, 0.29) is 11.9 Å². The van der Waals surface area contributed by atoms with Gasteiger partial charge in [0.1, 0.15) is 17.1 Å². The number of aliphatic imine (C=N–C) groups is 2. The molecular weight excluding hydrogens is 499 g/mol. The minimum atomic E-state index is -0.418. The Kier molecular flexibility index (Phi) is 9.56. The first kappa shape index (κ1) is 29.1. The Morgan fingerprint density at radius 3 is 2.49 bits per heavy atom. The molecule has 2 aromatic carbocycles. The number of ether oxygens (including phenoxy) is 1. The molecule has 0 radical (unpaired) electrons. The number of carbonyl (C=O) groups excluding carboxylic acids is 1. The Labute approximate surface area is 228 Å². The van der Waals surface area contributed by atoms with Crippen molar-refractivity contribution in [3.8, 4) is 5.75 Å². The van der Waals surface area contributed by atoms with Crippen LogP contribution in [0, 0.1) is 5.82 Å². The third-order valence-corrected chi connectivity index (χ3v) is 6.02. The van der Waals surface area contributed by atoms with E-state index < -0.39 is 5.82 Å². The van der Waals surface area contributed by atoms with Gasteiger partial charge in [-0.2, -0.15) is 5.10 Å². The summed E-state index contributed by atoms with van der Waals surface area (Å²) in [6, 6.07) is 6.76. The summed E-state index contributed by atoms with van der Waals surface area (Å²) in [4.78, 5) is 25.2. The number of allylic oxidation sites excluding steroid dienone is 1. The molecule has 206 valence electrons. The summed E-state index contributed by atoms with van der Waals surface area (Å²) in [6.45, 7) is 8.93. The number of aromatic nitrogens is 2. The zero-order valence-electron chi connectivity index (χ0n) is 23.2. The summed E-state index contributed by atoms with van der Waals surface area (Å²) in [5.74, 6) is -0.0296. The van der Waals surface area contributed by atoms with E-state index in [2.05, 4.69) is 43.8 Å². The Morgan fingerprint density at radius 1 is 1.13 bits per heavy atom. The number of likely N-dealkylation sites (N-methyl/N-ethyl adjacent to an activating group) is 2. The number of hydrogen-bond acceptors (Lipinski definition) is 6. The van der Waals surface area contributed by atoms with Crippen molar-refractivity contribution < 1.29 is 13.9 Å². The van der Waals surface area contributed by atoms with Crippen molar-refractivity contribution in [2.45, 2.75) is 0 Å². The molecule has 2 N–H and O–H groups in total. The van der Waals surface area contributed by atoms with Gasteiger partial charge < -0.3 is 25.2 Å². The average Bonchev–Trinajstić information content (AvgIpc) is 3.30. The predicted molar refractivity (Wildman–Crippen MR) is 158 cm³/mol. The molecule has 3 aromatic rings. The van der Waals surface area contributed by atoms with Crippen LogP contribution in [0.3, 0.4) is 0 Å². The summed E-state index contributed by atoms with van der Waals surface area (Å²) in [5.41, 5.74) is 3.17. The highest BCUT2D eigenvalue weighted by Gasteiger charge is 2.17. The van der Waals surface area contributed by atoms with Crippen LogP contribution in [-0.4, -0.2) is 80.6 Å². The summed E-state index contributed by atoms with van der Waals surface area (Å²) in [5, 5.41) is 10.8. The van der Waals surface area contributed by atoms with Gasteiger partial charge >= 0.3 is 0 Å². The van der Waals surface area contributed by atoms with Crippen LogP contribution in [0.5, 0.6) is 5.75 Å². The summed E-state index contributed by atoms with van der Waals surface area (Å²) >= 11 is 0. The van der Waals surface area contributed by atoms with Crippen molar-refractivity contribution in [3.63, 3.8) is 0 Å². The fourth-order valence-electron chi connectivity index (χ4n) is 3.92. The van der Waals surface area contributed by atoms with Crippen molar-refractivity contribution >= 4 is 45.5 Å². The number of benzene rings is 2. The van der Waals surface area contributed by atoms with Gasteiger partial charge in [-0.25, -0.2) is 9.38 Å². The first-order valence-corrected chi connectivity index (χ1v) is 12.2. The van der Waals surface area contributed by atoms with Crippen molar-refractivity contribution in [1.29, 1.82) is 0 Å². The minimum absolute atomic E-state index is 0.226. The van der Waals surface area contributed by atoms with Crippen molar-refractivity contribution in [1.82, 2.24) is 14.7 Å². The van der Waals surface area contributed by atoms with Crippen LogP contribution in [0.15, 0.2) is 65.8 Å². The van der Waals surface area contributed by atoms with Crippen LogP contribution < -0.4 is 20.3 Å². The first-order chi connectivity index (χ1) is 18.6. The van der Waals surface area contributed by atoms with Crippen LogP contribution in [0.4, 0.5) is 21.5 Å². The molecule has 10 nitrogen and oxygen atoms in total. The van der Waals surface area contributed by atoms with Gasteiger partial charge in [0, 0.05) is 51.2 Å². The molecule has 3 rings (SSSR count). The van der Waals surface area contributed by atoms with Gasteiger partial charge in [-0.05, 0) is 44.4 Å². The number of rotatable bonds is 10. The molecule has 0 fully saturated rings. The minimum Gasteiger partial charge on any atom is -0.494 e. The Bertz CT molecular complexity index is 1440. The molecular formula is C28H35FN8O2. The third kappa shape index (κ3) is 6.88. The number of aryl methyl sites for hydroxylation is 1. The second-order valence-corrected chi connectivity index (χ2v) is 9.03. The van der Waals surface area contributed by atoms with E-state index in [0.29, 0.717) is 45.8 Å². The number of guanidine groups is 1. The van der Waals surface area contributed by atoms with Gasteiger partial charge in [0.2, 0.25) is 11.9 Å². The number of nitrogens with one attached hydrogen (secondary N) is 2. The van der Waals surface area contributed by atoms with Crippen LogP contribution in [-0.2, 0) is 11.8 Å². The lowest BCUT2D eigenvalue weighted by atomic mass is 10.1. The lowest BCUT2D eigenvalue weighted by molar-refractivity contribution is -0.111. The molecule has 0 aliphatic carbocycles. The van der Waals surface area contributed by atoms with Gasteiger partial charge in [0.25, 0.3) is 0 Å². The van der Waals surface area contributed by atoms with E-state index in [0.717, 1.165) is 12.2 Å². The predicted octanol–water partition coefficient (Wildman–Crippen LogP) is 3.92. The Hall–Kier alpha value is -4.51. The highest BCUT2D eigenvalue weighted by Crippen LogP contribution is 2.37. The van der Waals surface area contributed by atoms with E-state index in [1.165, 1.54) is 22.9 Å². The number of halogens is 1. The SMILES string of the molecule is C=CC(=O)Nc1cc(NC(=NC)/N=C(\C=C)c2cc(F)c3c(cnn3C)c2)c(OC)cc1N(C)CCN(C)C. The van der Waals surface area contributed by atoms with E-state index in [1.807, 2.05) is 32.1 Å². The van der Waals surface area contributed by atoms with E-state index in [4.69, 9.17) is 4.74 Å². The number of carbonyl (C=O) groups is 1. The average molecular weight is 535 g/mol.